The molecule has 0 aliphatic carbocycles. The third-order valence-corrected chi connectivity index (χ3v) is 4.91. The highest BCUT2D eigenvalue weighted by atomic mass is 16.5. The van der Waals surface area contributed by atoms with Crippen LogP contribution in [0.15, 0.2) is 76.8 Å². The van der Waals surface area contributed by atoms with Gasteiger partial charge in [-0.3, -0.25) is 4.79 Å². The predicted molar refractivity (Wildman–Crippen MR) is 119 cm³/mol. The van der Waals surface area contributed by atoms with Gasteiger partial charge >= 0.3 is 0 Å². The van der Waals surface area contributed by atoms with Gasteiger partial charge in [-0.1, -0.05) is 30.3 Å². The second-order valence-electron chi connectivity index (χ2n) is 6.85. The van der Waals surface area contributed by atoms with E-state index in [-0.39, 0.29) is 16.9 Å². The van der Waals surface area contributed by atoms with E-state index in [0.29, 0.717) is 11.4 Å². The molecule has 0 bridgehead atoms. The Balaban J connectivity index is 1.91. The summed E-state index contributed by atoms with van der Waals surface area (Å²) in [5, 5.41) is 8.07. The maximum Gasteiger partial charge on any atom is 0.251 e. The van der Waals surface area contributed by atoms with Crippen molar-refractivity contribution in [2.45, 2.75) is 12.8 Å². The summed E-state index contributed by atoms with van der Waals surface area (Å²) in [7, 11) is 1.47. The Hall–Kier alpha value is -3.87. The van der Waals surface area contributed by atoms with E-state index < -0.39 is 0 Å². The lowest BCUT2D eigenvalue weighted by molar-refractivity contribution is 0.405. The Bertz CT molecular complexity index is 1170. The van der Waals surface area contributed by atoms with Gasteiger partial charge in [-0.15, -0.1) is 0 Å². The van der Waals surface area contributed by atoms with Gasteiger partial charge in [0, 0.05) is 6.54 Å². The number of benzene rings is 2. The van der Waals surface area contributed by atoms with E-state index in [9.17, 15) is 4.79 Å². The minimum absolute atomic E-state index is 0.160. The molecule has 0 atom stereocenters. The second kappa shape index (κ2) is 8.65. The number of rotatable bonds is 5. The molecule has 3 N–H and O–H groups in total. The van der Waals surface area contributed by atoms with Gasteiger partial charge in [-0.2, -0.15) is 5.10 Å². The first-order valence-corrected chi connectivity index (χ1v) is 9.77. The number of aromatic nitrogens is 2. The third-order valence-electron chi connectivity index (χ3n) is 4.91. The van der Waals surface area contributed by atoms with Crippen LogP contribution in [0.4, 0.5) is 11.4 Å². The zero-order valence-electron chi connectivity index (χ0n) is 16.7. The van der Waals surface area contributed by atoms with E-state index in [1.165, 1.54) is 18.9 Å². The zero-order chi connectivity index (χ0) is 20.9. The number of hydrogen-bond acceptors (Lipinski definition) is 6. The fourth-order valence-electron chi connectivity index (χ4n) is 3.49. The van der Waals surface area contributed by atoms with Crippen LogP contribution in [0.3, 0.4) is 0 Å². The number of nitrogens with zero attached hydrogens (tertiary/aromatic N) is 3. The Morgan fingerprint density at radius 2 is 2.07 bits per heavy atom. The smallest absolute Gasteiger partial charge is 0.251 e. The lowest BCUT2D eigenvalue weighted by atomic mass is 10.0. The lowest BCUT2D eigenvalue weighted by Gasteiger charge is -2.22. The Morgan fingerprint density at radius 3 is 2.83 bits per heavy atom. The van der Waals surface area contributed by atoms with Crippen molar-refractivity contribution in [3.05, 3.63) is 88.5 Å². The number of nitrogens with two attached hydrogens (primary N) is 1. The van der Waals surface area contributed by atoms with Crippen LogP contribution in [0.5, 0.6) is 5.75 Å². The van der Waals surface area contributed by atoms with E-state index in [4.69, 9.17) is 10.5 Å². The van der Waals surface area contributed by atoms with Crippen LogP contribution in [-0.2, 0) is 6.42 Å². The van der Waals surface area contributed by atoms with Crippen LogP contribution in [-0.4, -0.2) is 29.1 Å². The van der Waals surface area contributed by atoms with Crippen LogP contribution in [0, 0.1) is 0 Å². The molecule has 1 aliphatic rings. The molecule has 0 saturated heterocycles. The lowest BCUT2D eigenvalue weighted by Crippen LogP contribution is -2.24. The Labute approximate surface area is 174 Å². The van der Waals surface area contributed by atoms with Gasteiger partial charge in [-0.05, 0) is 48.9 Å². The predicted octanol–water partition coefficient (Wildman–Crippen LogP) is 3.19. The number of aliphatic imine (C=N–C) groups is 1. The summed E-state index contributed by atoms with van der Waals surface area (Å²) in [6.07, 6.45) is 6.59. The molecular formula is C23H23N5O2. The molecule has 4 rings (SSSR count). The normalized spacial score (nSPS) is 13.7. The SMILES string of the molecule is COc1cn(-c2cccc3c2NCCC3)nc(C(C=CN)=Nc2ccccc2)c1=O. The maximum absolute atomic E-state index is 13.0. The number of para-hydroxylation sites is 2. The first-order chi connectivity index (χ1) is 14.7. The van der Waals surface area contributed by atoms with Crippen LogP contribution >= 0.6 is 0 Å². The summed E-state index contributed by atoms with van der Waals surface area (Å²) < 4.78 is 7.03. The fraction of sp³-hybridized carbons (Fsp3) is 0.174. The first-order valence-electron chi connectivity index (χ1n) is 9.77. The molecule has 0 unspecified atom stereocenters. The van der Waals surface area contributed by atoms with Gasteiger partial charge in [0.1, 0.15) is 0 Å². The maximum atomic E-state index is 13.0. The van der Waals surface area contributed by atoms with Crippen molar-refractivity contribution in [2.75, 3.05) is 19.0 Å². The Kier molecular flexibility index (Phi) is 5.61. The van der Waals surface area contributed by atoms with E-state index in [1.807, 2.05) is 42.5 Å². The van der Waals surface area contributed by atoms with Crippen LogP contribution in [0.2, 0.25) is 0 Å². The fourth-order valence-corrected chi connectivity index (χ4v) is 3.49. The minimum atomic E-state index is -0.348. The molecule has 2 heterocycles. The van der Waals surface area contributed by atoms with Crippen molar-refractivity contribution < 1.29 is 4.74 Å². The molecule has 0 amide bonds. The average Bonchev–Trinajstić information content (AvgIpc) is 2.79. The molecule has 3 aromatic rings. The molecular weight excluding hydrogens is 378 g/mol. The van der Waals surface area contributed by atoms with Crippen LogP contribution in [0.1, 0.15) is 17.7 Å². The van der Waals surface area contributed by atoms with E-state index in [1.54, 1.807) is 17.0 Å². The van der Waals surface area contributed by atoms with Crippen molar-refractivity contribution in [1.82, 2.24) is 9.78 Å². The van der Waals surface area contributed by atoms with E-state index in [2.05, 4.69) is 21.5 Å². The molecule has 1 aliphatic heterocycles. The van der Waals surface area contributed by atoms with Crippen LogP contribution in [0.25, 0.3) is 5.69 Å². The number of aryl methyl sites for hydroxylation is 1. The van der Waals surface area contributed by atoms with E-state index in [0.717, 1.165) is 30.8 Å². The quantitative estimate of drug-likeness (QED) is 0.640. The number of nitrogens with one attached hydrogen (secondary N) is 1. The number of allylic oxidation sites excluding steroid dienone is 1. The summed E-state index contributed by atoms with van der Waals surface area (Å²) >= 11 is 0. The first kappa shape index (κ1) is 19.4. The molecule has 0 fully saturated rings. The number of fused-ring (bicyclic) bond motifs is 1. The highest BCUT2D eigenvalue weighted by Gasteiger charge is 2.19. The summed E-state index contributed by atoms with van der Waals surface area (Å²) in [5.41, 5.74) is 9.60. The van der Waals surface area contributed by atoms with Crippen LogP contribution < -0.4 is 21.2 Å². The highest BCUT2D eigenvalue weighted by molar-refractivity contribution is 6.08. The monoisotopic (exact) mass is 401 g/mol. The number of hydrogen-bond donors (Lipinski definition) is 2. The van der Waals surface area contributed by atoms with Crippen molar-refractivity contribution >= 4 is 17.1 Å². The summed E-state index contributed by atoms with van der Waals surface area (Å²) in [4.78, 5) is 17.6. The molecule has 1 aromatic heterocycles. The number of ether oxygens (including phenoxy) is 1. The molecule has 30 heavy (non-hydrogen) atoms. The summed E-state index contributed by atoms with van der Waals surface area (Å²) in [6, 6.07) is 15.4. The molecule has 152 valence electrons. The van der Waals surface area contributed by atoms with Gasteiger partial charge in [-0.25, -0.2) is 9.67 Å². The largest absolute Gasteiger partial charge is 0.491 e. The van der Waals surface area contributed by atoms with Crippen molar-refractivity contribution in [1.29, 1.82) is 0 Å². The second-order valence-corrected chi connectivity index (χ2v) is 6.85. The standard InChI is InChI=1S/C23H23N5O2/c1-30-20-15-28(19-11-5-7-16-8-6-14-25-21(16)19)27-22(23(20)29)18(12-13-24)26-17-9-3-2-4-10-17/h2-5,7,9-13,15,25H,6,8,14,24H2,1H3. The number of anilines is 1. The van der Waals surface area contributed by atoms with Gasteiger partial charge in [0.15, 0.2) is 11.4 Å². The third kappa shape index (κ3) is 3.82. The molecule has 0 spiro atoms. The zero-order valence-corrected chi connectivity index (χ0v) is 16.7. The van der Waals surface area contributed by atoms with Gasteiger partial charge in [0.25, 0.3) is 5.43 Å². The van der Waals surface area contributed by atoms with Crippen molar-refractivity contribution in [3.8, 4) is 11.4 Å². The highest BCUT2D eigenvalue weighted by Crippen LogP contribution is 2.29. The Morgan fingerprint density at radius 1 is 1.23 bits per heavy atom. The van der Waals surface area contributed by atoms with Crippen molar-refractivity contribution in [2.24, 2.45) is 10.7 Å². The molecule has 7 nitrogen and oxygen atoms in total. The van der Waals surface area contributed by atoms with E-state index >= 15 is 0 Å². The molecule has 0 radical (unpaired) electrons. The molecule has 7 heteroatoms. The van der Waals surface area contributed by atoms with Gasteiger partial charge in [0.05, 0.1) is 36.1 Å². The molecule has 0 saturated carbocycles. The minimum Gasteiger partial charge on any atom is -0.491 e. The van der Waals surface area contributed by atoms with Crippen molar-refractivity contribution in [3.63, 3.8) is 0 Å². The topological polar surface area (TPSA) is 94.5 Å². The number of methoxy groups -OCH3 is 1. The molecule has 2 aromatic carbocycles. The average molecular weight is 401 g/mol. The summed E-state index contributed by atoms with van der Waals surface area (Å²) in [5.74, 6) is 0.180. The van der Waals surface area contributed by atoms with Gasteiger partial charge in [0.2, 0.25) is 0 Å². The summed E-state index contributed by atoms with van der Waals surface area (Å²) in [6.45, 7) is 0.894. The van der Waals surface area contributed by atoms with Gasteiger partial charge < -0.3 is 15.8 Å².